The van der Waals surface area contributed by atoms with Crippen LogP contribution >= 0.6 is 0 Å². The summed E-state index contributed by atoms with van der Waals surface area (Å²) in [5.41, 5.74) is 0.235. The highest BCUT2D eigenvalue weighted by atomic mass is 16.6. The van der Waals surface area contributed by atoms with Gasteiger partial charge in [0.2, 0.25) is 0 Å². The number of carbonyl (C=O) groups excluding carboxylic acids is 2. The van der Waals surface area contributed by atoms with E-state index < -0.39 is 16.9 Å². The Morgan fingerprint density at radius 2 is 1.87 bits per heavy atom. The molecule has 0 radical (unpaired) electrons. The highest BCUT2D eigenvalue weighted by Gasteiger charge is 2.25. The second kappa shape index (κ2) is 8.99. The summed E-state index contributed by atoms with van der Waals surface area (Å²) < 4.78 is 4.90. The molecule has 0 amide bonds. The number of hydrogen-bond donors (Lipinski definition) is 1. The lowest BCUT2D eigenvalue weighted by molar-refractivity contribution is -0.384. The van der Waals surface area contributed by atoms with Crippen LogP contribution in [0, 0.1) is 10.1 Å². The van der Waals surface area contributed by atoms with E-state index in [1.807, 2.05) is 13.8 Å². The molecule has 1 aromatic rings. The number of nitrogens with zero attached hydrogens (tertiary/aromatic N) is 1. The molecule has 1 aromatic carbocycles. The SMILES string of the molecule is CCOC(=O)CC(NC(C)CC)C(=O)c1ccc([N+](=O)[O-])cc1. The van der Waals surface area contributed by atoms with Gasteiger partial charge in [-0.05, 0) is 32.4 Å². The molecule has 0 aliphatic carbocycles. The Balaban J connectivity index is 2.92. The van der Waals surface area contributed by atoms with Gasteiger partial charge in [0.1, 0.15) is 0 Å². The third-order valence-electron chi connectivity index (χ3n) is 3.45. The zero-order chi connectivity index (χ0) is 17.4. The number of nitrogens with one attached hydrogen (secondary N) is 1. The quantitative estimate of drug-likeness (QED) is 0.324. The third kappa shape index (κ3) is 5.78. The largest absolute Gasteiger partial charge is 0.466 e. The normalized spacial score (nSPS) is 13.2. The van der Waals surface area contributed by atoms with Crippen molar-refractivity contribution in [1.29, 1.82) is 0 Å². The number of hydrogen-bond acceptors (Lipinski definition) is 6. The number of benzene rings is 1. The minimum Gasteiger partial charge on any atom is -0.466 e. The lowest BCUT2D eigenvalue weighted by Crippen LogP contribution is -2.43. The molecule has 0 saturated carbocycles. The van der Waals surface area contributed by atoms with Gasteiger partial charge in [-0.3, -0.25) is 19.7 Å². The monoisotopic (exact) mass is 322 g/mol. The van der Waals surface area contributed by atoms with Crippen molar-refractivity contribution in [3.8, 4) is 0 Å². The Hall–Kier alpha value is -2.28. The predicted octanol–water partition coefficient (Wildman–Crippen LogP) is 2.49. The molecule has 0 bridgehead atoms. The van der Waals surface area contributed by atoms with Gasteiger partial charge in [-0.1, -0.05) is 6.92 Å². The molecule has 1 rings (SSSR count). The van der Waals surface area contributed by atoms with Crippen LogP contribution in [0.4, 0.5) is 5.69 Å². The molecular formula is C16H22N2O5. The van der Waals surface area contributed by atoms with Gasteiger partial charge < -0.3 is 10.1 Å². The summed E-state index contributed by atoms with van der Waals surface area (Å²) in [6.45, 7) is 5.84. The van der Waals surface area contributed by atoms with Crippen LogP contribution in [0.1, 0.15) is 44.0 Å². The van der Waals surface area contributed by atoms with Crippen LogP contribution in [-0.4, -0.2) is 35.4 Å². The van der Waals surface area contributed by atoms with Crippen molar-refractivity contribution >= 4 is 17.4 Å². The Morgan fingerprint density at radius 1 is 1.26 bits per heavy atom. The van der Waals surface area contributed by atoms with E-state index in [0.717, 1.165) is 6.42 Å². The summed E-state index contributed by atoms with van der Waals surface area (Å²) in [4.78, 5) is 34.4. The molecule has 7 heteroatoms. The Bertz CT molecular complexity index is 556. The van der Waals surface area contributed by atoms with E-state index in [0.29, 0.717) is 5.56 Å². The van der Waals surface area contributed by atoms with E-state index >= 15 is 0 Å². The average Bonchev–Trinajstić information content (AvgIpc) is 2.53. The van der Waals surface area contributed by atoms with E-state index in [1.165, 1.54) is 24.3 Å². The van der Waals surface area contributed by atoms with Crippen molar-refractivity contribution in [3.63, 3.8) is 0 Å². The number of ether oxygens (including phenoxy) is 1. The number of nitro groups is 1. The van der Waals surface area contributed by atoms with E-state index in [-0.39, 0.29) is 30.5 Å². The van der Waals surface area contributed by atoms with Crippen LogP contribution in [0.15, 0.2) is 24.3 Å². The summed E-state index contributed by atoms with van der Waals surface area (Å²) >= 11 is 0. The number of Topliss-reactive ketones (excluding diaryl/α,β-unsaturated/α-hetero) is 1. The van der Waals surface area contributed by atoms with E-state index in [1.54, 1.807) is 6.92 Å². The molecule has 0 aliphatic heterocycles. The topological polar surface area (TPSA) is 98.5 Å². The fraction of sp³-hybridized carbons (Fsp3) is 0.500. The maximum absolute atomic E-state index is 12.6. The Labute approximate surface area is 135 Å². The smallest absolute Gasteiger partial charge is 0.307 e. The molecule has 1 N–H and O–H groups in total. The lowest BCUT2D eigenvalue weighted by Gasteiger charge is -2.21. The average molecular weight is 322 g/mol. The summed E-state index contributed by atoms with van der Waals surface area (Å²) in [5, 5.41) is 13.8. The van der Waals surface area contributed by atoms with Gasteiger partial charge in [0, 0.05) is 23.7 Å². The second-order valence-corrected chi connectivity index (χ2v) is 5.21. The van der Waals surface area contributed by atoms with Crippen molar-refractivity contribution in [2.75, 3.05) is 6.61 Å². The Morgan fingerprint density at radius 3 is 2.35 bits per heavy atom. The molecule has 7 nitrogen and oxygen atoms in total. The van der Waals surface area contributed by atoms with Crippen LogP contribution < -0.4 is 5.32 Å². The minimum absolute atomic E-state index is 0.0522. The Kier molecular flexibility index (Phi) is 7.34. The van der Waals surface area contributed by atoms with Gasteiger partial charge >= 0.3 is 5.97 Å². The number of carbonyl (C=O) groups is 2. The highest BCUT2D eigenvalue weighted by Crippen LogP contribution is 2.15. The van der Waals surface area contributed by atoms with Crippen molar-refractivity contribution in [3.05, 3.63) is 39.9 Å². The zero-order valence-corrected chi connectivity index (χ0v) is 13.6. The lowest BCUT2D eigenvalue weighted by atomic mass is 10.00. The van der Waals surface area contributed by atoms with Crippen LogP contribution in [-0.2, 0) is 9.53 Å². The van der Waals surface area contributed by atoms with Gasteiger partial charge in [-0.25, -0.2) is 0 Å². The third-order valence-corrected chi connectivity index (χ3v) is 3.45. The van der Waals surface area contributed by atoms with Crippen molar-refractivity contribution < 1.29 is 19.2 Å². The van der Waals surface area contributed by atoms with Gasteiger partial charge in [0.15, 0.2) is 5.78 Å². The molecule has 0 fully saturated rings. The fourth-order valence-electron chi connectivity index (χ4n) is 2.02. The van der Waals surface area contributed by atoms with Crippen LogP contribution in [0.3, 0.4) is 0 Å². The summed E-state index contributed by atoms with van der Waals surface area (Å²) in [5.74, 6) is -0.739. The second-order valence-electron chi connectivity index (χ2n) is 5.21. The van der Waals surface area contributed by atoms with Gasteiger partial charge in [-0.15, -0.1) is 0 Å². The van der Waals surface area contributed by atoms with Crippen molar-refractivity contribution in [1.82, 2.24) is 5.32 Å². The number of esters is 1. The molecule has 0 spiro atoms. The number of non-ortho nitro benzene ring substituents is 1. The molecule has 0 aromatic heterocycles. The first kappa shape index (κ1) is 18.8. The number of ketones is 1. The first-order valence-corrected chi connectivity index (χ1v) is 7.59. The van der Waals surface area contributed by atoms with Crippen molar-refractivity contribution in [2.24, 2.45) is 0 Å². The summed E-state index contributed by atoms with van der Waals surface area (Å²) in [7, 11) is 0. The fourth-order valence-corrected chi connectivity index (χ4v) is 2.02. The molecule has 126 valence electrons. The number of nitro benzene ring substituents is 1. The van der Waals surface area contributed by atoms with E-state index in [2.05, 4.69) is 5.32 Å². The molecule has 0 heterocycles. The molecule has 2 unspecified atom stereocenters. The molecule has 0 saturated heterocycles. The van der Waals surface area contributed by atoms with Crippen molar-refractivity contribution in [2.45, 2.75) is 45.7 Å². The van der Waals surface area contributed by atoms with Gasteiger partial charge in [0.05, 0.1) is 24.0 Å². The van der Waals surface area contributed by atoms with Gasteiger partial charge in [-0.2, -0.15) is 0 Å². The van der Waals surface area contributed by atoms with E-state index in [9.17, 15) is 19.7 Å². The molecular weight excluding hydrogens is 300 g/mol. The predicted molar refractivity (Wildman–Crippen MR) is 85.4 cm³/mol. The van der Waals surface area contributed by atoms with Crippen LogP contribution in [0.2, 0.25) is 0 Å². The van der Waals surface area contributed by atoms with E-state index in [4.69, 9.17) is 4.74 Å². The van der Waals surface area contributed by atoms with Gasteiger partial charge in [0.25, 0.3) is 5.69 Å². The molecule has 2 atom stereocenters. The maximum atomic E-state index is 12.6. The van der Waals surface area contributed by atoms with Crippen LogP contribution in [0.5, 0.6) is 0 Å². The summed E-state index contributed by atoms with van der Waals surface area (Å²) in [6, 6.07) is 4.69. The van der Waals surface area contributed by atoms with Crippen LogP contribution in [0.25, 0.3) is 0 Å². The molecule has 0 aliphatic rings. The maximum Gasteiger partial charge on any atom is 0.307 e. The number of rotatable bonds is 9. The first-order chi connectivity index (χ1) is 10.9. The highest BCUT2D eigenvalue weighted by molar-refractivity contribution is 6.02. The first-order valence-electron chi connectivity index (χ1n) is 7.59. The molecule has 23 heavy (non-hydrogen) atoms. The minimum atomic E-state index is -0.717. The summed E-state index contributed by atoms with van der Waals surface area (Å²) in [6.07, 6.45) is 0.723. The standard InChI is InChI=1S/C16H22N2O5/c1-4-11(3)17-14(10-15(19)23-5-2)16(20)12-6-8-13(9-7-12)18(21)22/h6-9,11,14,17H,4-5,10H2,1-3H3. The zero-order valence-electron chi connectivity index (χ0n) is 13.6.